The van der Waals surface area contributed by atoms with Gasteiger partial charge in [0.2, 0.25) is 17.7 Å². The molecule has 0 spiro atoms. The fourth-order valence-corrected chi connectivity index (χ4v) is 9.13. The van der Waals surface area contributed by atoms with Crippen molar-refractivity contribution in [2.24, 2.45) is 10.9 Å². The first-order valence-electron chi connectivity index (χ1n) is 20.7. The second-order valence-electron chi connectivity index (χ2n) is 16.4. The summed E-state index contributed by atoms with van der Waals surface area (Å²) >= 11 is 0. The number of halogens is 4. The number of piperidine rings is 3. The molecule has 4 fully saturated rings. The van der Waals surface area contributed by atoms with Crippen molar-refractivity contribution in [3.63, 3.8) is 0 Å². The molecule has 5 aliphatic rings. The van der Waals surface area contributed by atoms with E-state index in [1.807, 2.05) is 0 Å². The summed E-state index contributed by atoms with van der Waals surface area (Å²) < 4.78 is 61.7. The van der Waals surface area contributed by atoms with Gasteiger partial charge in [-0.05, 0) is 106 Å². The summed E-state index contributed by atoms with van der Waals surface area (Å²) in [4.78, 5) is 59.3. The fraction of sp³-hybridized carbons (Fsp3) is 0.465. The molecule has 5 heterocycles. The first-order chi connectivity index (χ1) is 28.9. The minimum absolute atomic E-state index is 0.00971. The van der Waals surface area contributed by atoms with Crippen LogP contribution in [0.5, 0.6) is 0 Å². The third-order valence-corrected chi connectivity index (χ3v) is 12.4. The van der Waals surface area contributed by atoms with Crippen LogP contribution in [0.25, 0.3) is 16.8 Å². The van der Waals surface area contributed by atoms with Crippen molar-refractivity contribution in [1.82, 2.24) is 31.2 Å². The van der Waals surface area contributed by atoms with Crippen molar-refractivity contribution < 1.29 is 31.9 Å². The lowest BCUT2D eigenvalue weighted by Crippen LogP contribution is -2.60. The van der Waals surface area contributed by atoms with Crippen LogP contribution in [0, 0.1) is 11.7 Å². The molecule has 0 bridgehead atoms. The van der Waals surface area contributed by atoms with Crippen LogP contribution < -0.4 is 37.0 Å². The summed E-state index contributed by atoms with van der Waals surface area (Å²) in [7, 11) is 0. The molecule has 1 aliphatic carbocycles. The number of aliphatic imine (C=N–C) groups is 1. The molecule has 1 aromatic heterocycles. The minimum Gasteiger partial charge on any atom is -0.374 e. The average Bonchev–Trinajstić information content (AvgIpc) is 3.23. The molecule has 8 rings (SSSR count). The second-order valence-corrected chi connectivity index (χ2v) is 16.4. The van der Waals surface area contributed by atoms with Crippen LogP contribution in [-0.2, 0) is 14.4 Å². The average molecular weight is 832 g/mol. The van der Waals surface area contributed by atoms with Crippen LogP contribution in [0.2, 0.25) is 0 Å². The molecule has 6 N–H and O–H groups in total. The number of carbonyl (C=O) groups is 3. The molecular weight excluding hydrogens is 783 g/mol. The number of aromatic amines is 1. The van der Waals surface area contributed by atoms with E-state index >= 15 is 17.6 Å². The third kappa shape index (κ3) is 9.26. The smallest absolute Gasteiger partial charge is 0.280 e. The normalized spacial score (nSPS) is 26.3. The highest BCUT2D eigenvalue weighted by Gasteiger charge is 2.49. The number of rotatable bonds is 10. The van der Waals surface area contributed by atoms with E-state index in [0.29, 0.717) is 48.3 Å². The fourth-order valence-electron chi connectivity index (χ4n) is 9.13. The number of H-pyrrole nitrogens is 1. The molecular formula is C43H49F4N9O4. The summed E-state index contributed by atoms with van der Waals surface area (Å²) in [6.07, 6.45) is 6.74. The molecule has 0 radical (unpaired) electrons. The predicted molar refractivity (Wildman–Crippen MR) is 219 cm³/mol. The van der Waals surface area contributed by atoms with Crippen LogP contribution in [0.15, 0.2) is 76.4 Å². The van der Waals surface area contributed by atoms with Crippen LogP contribution >= 0.6 is 0 Å². The Balaban J connectivity index is 0.767. The summed E-state index contributed by atoms with van der Waals surface area (Å²) in [5.41, 5.74) is 2.15. The number of imide groups is 1. The number of aromatic nitrogens is 1. The van der Waals surface area contributed by atoms with Gasteiger partial charge in [0.15, 0.2) is 12.1 Å². The topological polar surface area (TPSA) is 163 Å². The maximum absolute atomic E-state index is 15.7. The molecule has 3 atom stereocenters. The highest BCUT2D eigenvalue weighted by Crippen LogP contribution is 2.37. The molecule has 4 aliphatic heterocycles. The van der Waals surface area contributed by atoms with Gasteiger partial charge in [-0.3, -0.25) is 39.7 Å². The van der Waals surface area contributed by atoms with Crippen LogP contribution in [0.4, 0.5) is 28.9 Å². The van der Waals surface area contributed by atoms with E-state index in [0.717, 1.165) is 25.7 Å². The Kier molecular flexibility index (Phi) is 12.1. The Morgan fingerprint density at radius 3 is 2.35 bits per heavy atom. The Hall–Kier alpha value is -5.55. The maximum atomic E-state index is 15.7. The SMILES string of the molecule is O=C1CCC(Nc2ccc(N3CCC(N4CCC(C(=O)NC5CCC(NC6N=CC(F)=C(c7cccc(-c8ccc[nH]c8=O)c7)N6)CC5)CC4)C(F)(F)C3)c(F)c2)C(=O)N1. The van der Waals surface area contributed by atoms with Gasteiger partial charge in [-0.2, -0.15) is 0 Å². The Morgan fingerprint density at radius 1 is 0.850 bits per heavy atom. The number of hydrogen-bond donors (Lipinski definition) is 6. The van der Waals surface area contributed by atoms with E-state index in [2.05, 4.69) is 36.6 Å². The lowest BCUT2D eigenvalue weighted by atomic mass is 9.88. The molecule has 3 unspecified atom stereocenters. The van der Waals surface area contributed by atoms with E-state index in [9.17, 15) is 19.2 Å². The number of benzene rings is 2. The van der Waals surface area contributed by atoms with Crippen LogP contribution in [0.3, 0.4) is 0 Å². The van der Waals surface area contributed by atoms with Crippen LogP contribution in [0.1, 0.15) is 63.4 Å². The van der Waals surface area contributed by atoms with Crippen LogP contribution in [-0.4, -0.2) is 96.4 Å². The highest BCUT2D eigenvalue weighted by atomic mass is 19.3. The van der Waals surface area contributed by atoms with Gasteiger partial charge in [-0.15, -0.1) is 0 Å². The van der Waals surface area contributed by atoms with Gasteiger partial charge in [-0.1, -0.05) is 18.2 Å². The van der Waals surface area contributed by atoms with Crippen molar-refractivity contribution in [3.05, 3.63) is 88.4 Å². The van der Waals surface area contributed by atoms with Gasteiger partial charge in [0.1, 0.15) is 11.9 Å². The van der Waals surface area contributed by atoms with Gasteiger partial charge in [0, 0.05) is 54.0 Å². The van der Waals surface area contributed by atoms with E-state index in [-0.39, 0.29) is 72.6 Å². The Morgan fingerprint density at radius 2 is 1.62 bits per heavy atom. The standard InChI is InChI=1S/C43H49F4N9O4/c44-32-22-30(50-34-11-13-37(57)53-41(34)60)10-12-35(32)56-20-16-36(43(46,47)24-56)55-18-14-25(15-19-55)39(58)51-28-6-8-29(9-7-28)52-42-49-23-33(45)38(54-42)27-4-1-3-26(21-27)31-5-2-17-48-40(31)59/h1-5,10,12,17,21-23,25,28-29,34,36,42,50,52,54H,6-9,11,13-16,18-20,24H2,(H,48,59)(H,51,58)(H,53,57,60). The first kappa shape index (κ1) is 41.2. The Bertz CT molecular complexity index is 2220. The number of likely N-dealkylation sites (tertiary alicyclic amines) is 1. The largest absolute Gasteiger partial charge is 0.374 e. The monoisotopic (exact) mass is 831 g/mol. The van der Waals surface area contributed by atoms with Gasteiger partial charge in [0.25, 0.3) is 11.5 Å². The zero-order valence-corrected chi connectivity index (χ0v) is 33.0. The number of carbonyl (C=O) groups excluding carboxylic acids is 3. The summed E-state index contributed by atoms with van der Waals surface area (Å²) in [6.45, 7) is 0.324. The summed E-state index contributed by atoms with van der Waals surface area (Å²) in [5, 5.41) is 15.0. The highest BCUT2D eigenvalue weighted by molar-refractivity contribution is 6.01. The molecule has 1 saturated carbocycles. The number of pyridine rings is 1. The third-order valence-electron chi connectivity index (χ3n) is 12.4. The number of hydrogen-bond acceptors (Lipinski definition) is 10. The van der Waals surface area contributed by atoms with Crippen molar-refractivity contribution in [2.45, 2.75) is 94.2 Å². The van der Waals surface area contributed by atoms with Gasteiger partial charge >= 0.3 is 0 Å². The summed E-state index contributed by atoms with van der Waals surface area (Å²) in [6, 6.07) is 13.1. The van der Waals surface area contributed by atoms with Gasteiger partial charge in [-0.25, -0.2) is 17.6 Å². The van der Waals surface area contributed by atoms with E-state index in [4.69, 9.17) is 0 Å². The zero-order valence-electron chi connectivity index (χ0n) is 33.0. The molecule has 3 saturated heterocycles. The van der Waals surface area contributed by atoms with Crippen molar-refractivity contribution in [3.8, 4) is 11.1 Å². The number of alkyl halides is 2. The maximum Gasteiger partial charge on any atom is 0.280 e. The predicted octanol–water partition coefficient (Wildman–Crippen LogP) is 4.64. The van der Waals surface area contributed by atoms with Gasteiger partial charge in [0.05, 0.1) is 30.2 Å². The van der Waals surface area contributed by atoms with Crippen molar-refractivity contribution in [2.75, 3.05) is 36.4 Å². The molecule has 3 amide bonds. The number of nitrogens with one attached hydrogen (secondary N) is 6. The number of nitrogens with zero attached hydrogens (tertiary/aromatic N) is 3. The molecule has 3 aromatic rings. The van der Waals surface area contributed by atoms with E-state index < -0.39 is 48.4 Å². The molecule has 318 valence electrons. The lowest BCUT2D eigenvalue weighted by molar-refractivity contribution is -0.134. The number of amides is 3. The number of allylic oxidation sites excluding steroid dienone is 1. The zero-order chi connectivity index (χ0) is 42.0. The summed E-state index contributed by atoms with van der Waals surface area (Å²) in [5.74, 6) is -5.48. The molecule has 17 heteroatoms. The first-order valence-corrected chi connectivity index (χ1v) is 20.7. The lowest BCUT2D eigenvalue weighted by Gasteiger charge is -2.46. The van der Waals surface area contributed by atoms with E-state index in [1.165, 1.54) is 23.2 Å². The Labute approximate surface area is 344 Å². The molecule has 13 nitrogen and oxygen atoms in total. The minimum atomic E-state index is -3.12. The molecule has 2 aromatic carbocycles. The second kappa shape index (κ2) is 17.6. The molecule has 60 heavy (non-hydrogen) atoms. The number of anilines is 2. The van der Waals surface area contributed by atoms with E-state index in [1.54, 1.807) is 53.6 Å². The van der Waals surface area contributed by atoms with Gasteiger partial charge < -0.3 is 25.8 Å². The van der Waals surface area contributed by atoms with Crippen molar-refractivity contribution in [1.29, 1.82) is 0 Å². The van der Waals surface area contributed by atoms with Crippen molar-refractivity contribution >= 4 is 41.0 Å². The quantitative estimate of drug-likeness (QED) is 0.126.